The zero-order valence-electron chi connectivity index (χ0n) is 14.6. The number of carboxylic acids is 1. The first-order valence-corrected chi connectivity index (χ1v) is 8.99. The van der Waals surface area contributed by atoms with Gasteiger partial charge in [0.25, 0.3) is 0 Å². The second-order valence-corrected chi connectivity index (χ2v) is 7.03. The molecule has 0 saturated carbocycles. The zero-order chi connectivity index (χ0) is 18.7. The molecule has 2 heterocycles. The summed E-state index contributed by atoms with van der Waals surface area (Å²) in [6, 6.07) is 5.87. The fourth-order valence-corrected chi connectivity index (χ4v) is 3.80. The van der Waals surface area contributed by atoms with Crippen molar-refractivity contribution in [3.05, 3.63) is 35.6 Å². The fourth-order valence-electron chi connectivity index (χ4n) is 3.80. The maximum absolute atomic E-state index is 13.5. The molecule has 2 aliphatic rings. The molecule has 0 radical (unpaired) electrons. The largest absolute Gasteiger partial charge is 0.481 e. The van der Waals surface area contributed by atoms with E-state index in [1.165, 1.54) is 17.0 Å². The summed E-state index contributed by atoms with van der Waals surface area (Å²) in [6.07, 6.45) is 3.15. The highest BCUT2D eigenvalue weighted by atomic mass is 19.1. The van der Waals surface area contributed by atoms with E-state index in [0.717, 1.165) is 19.3 Å². The van der Waals surface area contributed by atoms with Crippen molar-refractivity contribution < 1.29 is 23.9 Å². The topological polar surface area (TPSA) is 77.9 Å². The van der Waals surface area contributed by atoms with Gasteiger partial charge in [-0.3, -0.25) is 14.4 Å². The number of rotatable bonds is 4. The molecule has 2 amide bonds. The van der Waals surface area contributed by atoms with Crippen molar-refractivity contribution in [2.24, 2.45) is 5.92 Å². The Balaban J connectivity index is 1.71. The van der Waals surface area contributed by atoms with E-state index in [1.54, 1.807) is 17.0 Å². The molecule has 1 aromatic carbocycles. The van der Waals surface area contributed by atoms with E-state index >= 15 is 0 Å². The number of carbonyl (C=O) groups excluding carboxylic acids is 2. The van der Waals surface area contributed by atoms with Gasteiger partial charge in [-0.15, -0.1) is 0 Å². The average Bonchev–Trinajstić information content (AvgIpc) is 2.96. The Kier molecular flexibility index (Phi) is 5.54. The van der Waals surface area contributed by atoms with Crippen LogP contribution >= 0.6 is 0 Å². The third-order valence-corrected chi connectivity index (χ3v) is 5.26. The van der Waals surface area contributed by atoms with Crippen molar-refractivity contribution >= 4 is 17.8 Å². The number of carbonyl (C=O) groups is 3. The average molecular weight is 362 g/mol. The third-order valence-electron chi connectivity index (χ3n) is 5.26. The van der Waals surface area contributed by atoms with Crippen molar-refractivity contribution in [1.29, 1.82) is 0 Å². The predicted molar refractivity (Wildman–Crippen MR) is 91.9 cm³/mol. The summed E-state index contributed by atoms with van der Waals surface area (Å²) in [5.74, 6) is -2.92. The SMILES string of the molecule is O=C(O)C1CN(C(=O)CN2CCCCCC2=O)CC1c1cccc(F)c1. The monoisotopic (exact) mass is 362 g/mol. The summed E-state index contributed by atoms with van der Waals surface area (Å²) in [5.41, 5.74) is 0.582. The number of carboxylic acid groups (broad SMARTS) is 1. The minimum Gasteiger partial charge on any atom is -0.481 e. The molecule has 140 valence electrons. The number of hydrogen-bond donors (Lipinski definition) is 1. The lowest BCUT2D eigenvalue weighted by Gasteiger charge is -2.24. The van der Waals surface area contributed by atoms with Crippen molar-refractivity contribution in [3.8, 4) is 0 Å². The van der Waals surface area contributed by atoms with Gasteiger partial charge >= 0.3 is 5.97 Å². The van der Waals surface area contributed by atoms with Crippen LogP contribution in [0.25, 0.3) is 0 Å². The Labute approximate surface area is 151 Å². The summed E-state index contributed by atoms with van der Waals surface area (Å²) in [6.45, 7) is 0.855. The zero-order valence-corrected chi connectivity index (χ0v) is 14.6. The van der Waals surface area contributed by atoms with Gasteiger partial charge < -0.3 is 14.9 Å². The molecule has 2 atom stereocenters. The Hall–Kier alpha value is -2.44. The van der Waals surface area contributed by atoms with Crippen LogP contribution in [-0.4, -0.2) is 58.9 Å². The quantitative estimate of drug-likeness (QED) is 0.887. The molecule has 0 spiro atoms. The second kappa shape index (κ2) is 7.85. The summed E-state index contributed by atoms with van der Waals surface area (Å²) >= 11 is 0. The van der Waals surface area contributed by atoms with Crippen molar-refractivity contribution in [2.45, 2.75) is 31.6 Å². The van der Waals surface area contributed by atoms with Crippen LogP contribution < -0.4 is 0 Å². The first kappa shape index (κ1) is 18.4. The van der Waals surface area contributed by atoms with E-state index in [0.29, 0.717) is 18.5 Å². The second-order valence-electron chi connectivity index (χ2n) is 7.03. The van der Waals surface area contributed by atoms with Crippen molar-refractivity contribution in [1.82, 2.24) is 9.80 Å². The Morgan fingerprint density at radius 2 is 2.00 bits per heavy atom. The van der Waals surface area contributed by atoms with Gasteiger partial charge in [0.15, 0.2) is 0 Å². The Morgan fingerprint density at radius 3 is 2.73 bits per heavy atom. The molecule has 2 aliphatic heterocycles. The summed E-state index contributed by atoms with van der Waals surface area (Å²) in [7, 11) is 0. The van der Waals surface area contributed by atoms with Crippen LogP contribution in [0.4, 0.5) is 4.39 Å². The van der Waals surface area contributed by atoms with Gasteiger partial charge in [0.2, 0.25) is 11.8 Å². The predicted octanol–water partition coefficient (Wildman–Crippen LogP) is 1.85. The van der Waals surface area contributed by atoms with Crippen LogP contribution in [-0.2, 0) is 14.4 Å². The Morgan fingerprint density at radius 1 is 1.19 bits per heavy atom. The number of amides is 2. The maximum atomic E-state index is 13.5. The van der Waals surface area contributed by atoms with Gasteiger partial charge in [-0.1, -0.05) is 18.6 Å². The summed E-state index contributed by atoms with van der Waals surface area (Å²) < 4.78 is 13.5. The lowest BCUT2D eigenvalue weighted by molar-refractivity contribution is -0.143. The minimum atomic E-state index is -1.000. The first-order chi connectivity index (χ1) is 12.5. The van der Waals surface area contributed by atoms with Gasteiger partial charge in [-0.25, -0.2) is 4.39 Å². The maximum Gasteiger partial charge on any atom is 0.308 e. The number of halogens is 1. The van der Waals surface area contributed by atoms with E-state index in [4.69, 9.17) is 0 Å². The highest BCUT2D eigenvalue weighted by Crippen LogP contribution is 2.33. The summed E-state index contributed by atoms with van der Waals surface area (Å²) in [5, 5.41) is 9.52. The van der Waals surface area contributed by atoms with Crippen LogP contribution in [0, 0.1) is 11.7 Å². The highest BCUT2D eigenvalue weighted by Gasteiger charge is 2.41. The Bertz CT molecular complexity index is 709. The smallest absolute Gasteiger partial charge is 0.308 e. The number of benzene rings is 1. The van der Waals surface area contributed by atoms with Crippen molar-refractivity contribution in [3.63, 3.8) is 0 Å². The van der Waals surface area contributed by atoms with Gasteiger partial charge in [-0.05, 0) is 30.5 Å². The molecule has 0 aliphatic carbocycles. The molecular weight excluding hydrogens is 339 g/mol. The molecule has 26 heavy (non-hydrogen) atoms. The number of hydrogen-bond acceptors (Lipinski definition) is 3. The number of nitrogens with zero attached hydrogens (tertiary/aromatic N) is 2. The minimum absolute atomic E-state index is 0.0129. The first-order valence-electron chi connectivity index (χ1n) is 8.99. The van der Waals surface area contributed by atoms with E-state index in [1.807, 2.05) is 0 Å². The molecule has 0 aromatic heterocycles. The standard InChI is InChI=1S/C19H23FN2O4/c20-14-6-4-5-13(9-14)15-10-22(11-16(15)19(25)26)18(24)12-21-8-3-1-2-7-17(21)23/h4-6,9,15-16H,1-3,7-8,10-12H2,(H,25,26). The van der Waals surface area contributed by atoms with E-state index in [9.17, 15) is 23.9 Å². The van der Waals surface area contributed by atoms with Gasteiger partial charge in [0, 0.05) is 32.0 Å². The third kappa shape index (κ3) is 4.03. The normalized spacial score (nSPS) is 23.8. The lowest BCUT2D eigenvalue weighted by atomic mass is 9.89. The van der Waals surface area contributed by atoms with Crippen LogP contribution in [0.5, 0.6) is 0 Å². The van der Waals surface area contributed by atoms with Crippen LogP contribution in [0.15, 0.2) is 24.3 Å². The van der Waals surface area contributed by atoms with Gasteiger partial charge in [-0.2, -0.15) is 0 Å². The van der Waals surface area contributed by atoms with Crippen LogP contribution in [0.1, 0.15) is 37.2 Å². The van der Waals surface area contributed by atoms with Crippen LogP contribution in [0.2, 0.25) is 0 Å². The number of likely N-dealkylation sites (tertiary alicyclic amines) is 2. The molecule has 2 saturated heterocycles. The van der Waals surface area contributed by atoms with E-state index < -0.39 is 23.6 Å². The molecule has 7 heteroatoms. The molecule has 3 rings (SSSR count). The lowest BCUT2D eigenvalue weighted by Crippen LogP contribution is -2.42. The van der Waals surface area contributed by atoms with Gasteiger partial charge in [0.1, 0.15) is 5.82 Å². The molecule has 6 nitrogen and oxygen atoms in total. The molecule has 2 fully saturated rings. The fraction of sp³-hybridized carbons (Fsp3) is 0.526. The van der Waals surface area contributed by atoms with Crippen molar-refractivity contribution in [2.75, 3.05) is 26.2 Å². The molecule has 0 bridgehead atoms. The summed E-state index contributed by atoms with van der Waals surface area (Å²) in [4.78, 5) is 39.4. The molecule has 1 aromatic rings. The van der Waals surface area contributed by atoms with E-state index in [2.05, 4.69) is 0 Å². The molecule has 1 N–H and O–H groups in total. The van der Waals surface area contributed by atoms with E-state index in [-0.39, 0.29) is 31.4 Å². The molecule has 2 unspecified atom stereocenters. The van der Waals surface area contributed by atoms with Crippen LogP contribution in [0.3, 0.4) is 0 Å². The highest BCUT2D eigenvalue weighted by molar-refractivity contribution is 5.86. The van der Waals surface area contributed by atoms with Gasteiger partial charge in [0.05, 0.1) is 12.5 Å². The number of aliphatic carboxylic acids is 1. The molecular formula is C19H23FN2O4.